The Kier molecular flexibility index (Phi) is 6.53. The zero-order valence-corrected chi connectivity index (χ0v) is 17.6. The van der Waals surface area contributed by atoms with Gasteiger partial charge < -0.3 is 24.8 Å². The van der Waals surface area contributed by atoms with E-state index in [9.17, 15) is 14.4 Å². The quantitative estimate of drug-likeness (QED) is 0.762. The number of piperidine rings is 2. The van der Waals surface area contributed by atoms with Crippen LogP contribution in [0.15, 0.2) is 17.1 Å². The van der Waals surface area contributed by atoms with Gasteiger partial charge in [0.05, 0.1) is 6.54 Å². The van der Waals surface area contributed by atoms with Crippen molar-refractivity contribution in [2.24, 2.45) is 5.92 Å². The molecule has 3 aliphatic rings. The second-order valence-corrected chi connectivity index (χ2v) is 8.26. The predicted octanol–water partition coefficient (Wildman–Crippen LogP) is 1.29. The molecule has 4 heterocycles. The fraction of sp³-hybridized carbons (Fsp3) is 0.650. The number of hydrogen-bond donors (Lipinski definition) is 2. The Labute approximate surface area is 176 Å². The van der Waals surface area contributed by atoms with Crippen LogP contribution in [0.25, 0.3) is 0 Å². The van der Waals surface area contributed by atoms with E-state index in [0.717, 1.165) is 25.9 Å². The minimum absolute atomic E-state index is 0. The largest absolute Gasteiger partial charge is 0.441 e. The lowest BCUT2D eigenvalue weighted by atomic mass is 9.91. The Bertz CT molecular complexity index is 826. The molecule has 1 unspecified atom stereocenters. The van der Waals surface area contributed by atoms with E-state index >= 15 is 0 Å². The summed E-state index contributed by atoms with van der Waals surface area (Å²) in [5.74, 6) is 0.197. The molecule has 3 fully saturated rings. The zero-order valence-electron chi connectivity index (χ0n) is 16.7. The van der Waals surface area contributed by atoms with Gasteiger partial charge in [0.2, 0.25) is 0 Å². The third-order valence-corrected chi connectivity index (χ3v) is 6.27. The van der Waals surface area contributed by atoms with Crippen molar-refractivity contribution < 1.29 is 14.3 Å². The highest BCUT2D eigenvalue weighted by molar-refractivity contribution is 5.95. The van der Waals surface area contributed by atoms with Crippen molar-refractivity contribution in [2.75, 3.05) is 32.7 Å². The molecule has 2 amide bonds. The van der Waals surface area contributed by atoms with Gasteiger partial charge in [0.1, 0.15) is 11.2 Å². The van der Waals surface area contributed by atoms with Crippen LogP contribution in [-0.4, -0.2) is 59.8 Å². The second kappa shape index (κ2) is 8.75. The maximum absolute atomic E-state index is 13.1. The number of carbonyl (C=O) groups is 2. The summed E-state index contributed by atoms with van der Waals surface area (Å²) in [5, 5.41) is 6.07. The molecule has 1 aromatic rings. The number of alkyl carbamates (subject to hydrolysis) is 1. The SMILES string of the molecule is Cc1ccn(CC2CCCNC2)c(=O)c1C(=O)N1CCC2(CC1)CNC(=O)O2.Cl. The number of halogens is 1. The highest BCUT2D eigenvalue weighted by Crippen LogP contribution is 2.29. The summed E-state index contributed by atoms with van der Waals surface area (Å²) in [6.07, 6.45) is 4.80. The summed E-state index contributed by atoms with van der Waals surface area (Å²) >= 11 is 0. The van der Waals surface area contributed by atoms with Crippen LogP contribution >= 0.6 is 12.4 Å². The first-order valence-electron chi connectivity index (χ1n) is 10.1. The summed E-state index contributed by atoms with van der Waals surface area (Å²) in [6, 6.07) is 1.86. The van der Waals surface area contributed by atoms with Crippen LogP contribution in [0.3, 0.4) is 0 Å². The summed E-state index contributed by atoms with van der Waals surface area (Å²) < 4.78 is 7.10. The molecule has 4 rings (SSSR count). The number of rotatable bonds is 3. The van der Waals surface area contributed by atoms with Gasteiger partial charge >= 0.3 is 6.09 Å². The van der Waals surface area contributed by atoms with Gasteiger partial charge in [-0.05, 0) is 50.4 Å². The van der Waals surface area contributed by atoms with Crippen LogP contribution in [0.1, 0.15) is 41.6 Å². The molecule has 8 nitrogen and oxygen atoms in total. The maximum Gasteiger partial charge on any atom is 0.407 e. The van der Waals surface area contributed by atoms with Crippen LogP contribution in [0.2, 0.25) is 0 Å². The van der Waals surface area contributed by atoms with Gasteiger partial charge in [0.25, 0.3) is 11.5 Å². The minimum atomic E-state index is -0.506. The number of aryl methyl sites for hydroxylation is 1. The molecular weight excluding hydrogens is 396 g/mol. The Morgan fingerprint density at radius 3 is 2.69 bits per heavy atom. The molecule has 160 valence electrons. The van der Waals surface area contributed by atoms with E-state index in [4.69, 9.17) is 4.74 Å². The molecule has 1 aromatic heterocycles. The van der Waals surface area contributed by atoms with Crippen LogP contribution < -0.4 is 16.2 Å². The lowest BCUT2D eigenvalue weighted by molar-refractivity contribution is 0.00322. The molecule has 1 spiro atoms. The summed E-state index contributed by atoms with van der Waals surface area (Å²) in [7, 11) is 0. The first-order chi connectivity index (χ1) is 13.5. The maximum atomic E-state index is 13.1. The average molecular weight is 425 g/mol. The Morgan fingerprint density at radius 2 is 2.07 bits per heavy atom. The van der Waals surface area contributed by atoms with Gasteiger partial charge in [-0.15, -0.1) is 12.4 Å². The molecule has 2 N–H and O–H groups in total. The average Bonchev–Trinajstić information content (AvgIpc) is 3.05. The zero-order chi connectivity index (χ0) is 19.7. The lowest BCUT2D eigenvalue weighted by Gasteiger charge is -2.37. The van der Waals surface area contributed by atoms with E-state index in [2.05, 4.69) is 10.6 Å². The summed E-state index contributed by atoms with van der Waals surface area (Å²) in [4.78, 5) is 39.3. The monoisotopic (exact) mass is 424 g/mol. The second-order valence-electron chi connectivity index (χ2n) is 8.26. The standard InChI is InChI=1S/C20H28N4O4.ClH/c1-14-4-8-24(12-15-3-2-7-21-11-15)18(26)16(14)17(25)23-9-5-20(6-10-23)13-22-19(27)28-20;/h4,8,15,21H,2-3,5-7,9-13H2,1H3,(H,22,27);1H. The van der Waals surface area contributed by atoms with Crippen molar-refractivity contribution in [1.82, 2.24) is 20.1 Å². The number of pyridine rings is 1. The van der Waals surface area contributed by atoms with Crippen LogP contribution in [0.5, 0.6) is 0 Å². The molecular formula is C20H29ClN4O4. The van der Waals surface area contributed by atoms with E-state index in [0.29, 0.717) is 50.5 Å². The highest BCUT2D eigenvalue weighted by Gasteiger charge is 2.44. The number of ether oxygens (including phenoxy) is 1. The summed E-state index contributed by atoms with van der Waals surface area (Å²) in [6.45, 7) is 5.84. The third kappa shape index (κ3) is 4.43. The third-order valence-electron chi connectivity index (χ3n) is 6.27. The van der Waals surface area contributed by atoms with Gasteiger partial charge in [0.15, 0.2) is 0 Å². The van der Waals surface area contributed by atoms with Crippen LogP contribution in [0.4, 0.5) is 4.79 Å². The molecule has 0 aliphatic carbocycles. The van der Waals surface area contributed by atoms with Crippen molar-refractivity contribution in [3.8, 4) is 0 Å². The molecule has 3 aliphatic heterocycles. The first-order valence-corrected chi connectivity index (χ1v) is 10.1. The Morgan fingerprint density at radius 1 is 1.31 bits per heavy atom. The van der Waals surface area contributed by atoms with E-state index in [1.165, 1.54) is 0 Å². The molecule has 29 heavy (non-hydrogen) atoms. The Hall–Kier alpha value is -2.06. The van der Waals surface area contributed by atoms with E-state index in [1.807, 2.05) is 13.0 Å². The number of nitrogens with one attached hydrogen (secondary N) is 2. The molecule has 0 radical (unpaired) electrons. The van der Waals surface area contributed by atoms with Crippen molar-refractivity contribution in [2.45, 2.75) is 44.8 Å². The summed E-state index contributed by atoms with van der Waals surface area (Å²) in [5.41, 5.74) is 0.268. The minimum Gasteiger partial charge on any atom is -0.441 e. The topological polar surface area (TPSA) is 92.7 Å². The smallest absolute Gasteiger partial charge is 0.407 e. The highest BCUT2D eigenvalue weighted by atomic mass is 35.5. The number of carbonyl (C=O) groups excluding carboxylic acids is 2. The fourth-order valence-corrected chi connectivity index (χ4v) is 4.48. The van der Waals surface area contributed by atoms with Gasteiger partial charge in [-0.2, -0.15) is 0 Å². The van der Waals surface area contributed by atoms with E-state index in [-0.39, 0.29) is 29.4 Å². The number of amides is 2. The van der Waals surface area contributed by atoms with Crippen LogP contribution in [-0.2, 0) is 11.3 Å². The molecule has 0 aromatic carbocycles. The molecule has 0 saturated carbocycles. The number of hydrogen-bond acceptors (Lipinski definition) is 5. The van der Waals surface area contributed by atoms with Gasteiger partial charge in [-0.1, -0.05) is 0 Å². The molecule has 3 saturated heterocycles. The van der Waals surface area contributed by atoms with E-state index in [1.54, 1.807) is 15.7 Å². The van der Waals surface area contributed by atoms with Crippen molar-refractivity contribution >= 4 is 24.4 Å². The first kappa shape index (κ1) is 21.6. The van der Waals surface area contributed by atoms with Gasteiger partial charge in [0, 0.05) is 38.7 Å². The van der Waals surface area contributed by atoms with Crippen molar-refractivity contribution in [3.05, 3.63) is 33.7 Å². The number of aromatic nitrogens is 1. The normalized spacial score (nSPS) is 23.3. The lowest BCUT2D eigenvalue weighted by Crippen LogP contribution is -2.49. The number of likely N-dealkylation sites (tertiary alicyclic amines) is 1. The number of nitrogens with zero attached hydrogens (tertiary/aromatic N) is 2. The fourth-order valence-electron chi connectivity index (χ4n) is 4.48. The van der Waals surface area contributed by atoms with Crippen molar-refractivity contribution in [3.63, 3.8) is 0 Å². The Balaban J connectivity index is 0.00000240. The predicted molar refractivity (Wildman–Crippen MR) is 111 cm³/mol. The molecule has 9 heteroatoms. The van der Waals surface area contributed by atoms with Gasteiger partial charge in [-0.25, -0.2) is 4.79 Å². The molecule has 1 atom stereocenters. The van der Waals surface area contributed by atoms with E-state index < -0.39 is 11.7 Å². The van der Waals surface area contributed by atoms with Crippen LogP contribution in [0, 0.1) is 12.8 Å². The molecule has 0 bridgehead atoms. The van der Waals surface area contributed by atoms with Crippen molar-refractivity contribution in [1.29, 1.82) is 0 Å². The van der Waals surface area contributed by atoms with Gasteiger partial charge in [-0.3, -0.25) is 9.59 Å².